The topological polar surface area (TPSA) is 246 Å². The fraction of sp³-hybridized carbons (Fsp3) is 0.259. The number of ether oxygens (including phenoxy) is 2. The van der Waals surface area contributed by atoms with Crippen LogP contribution in [-0.4, -0.2) is 76.1 Å². The Balaban J connectivity index is 0.00000576. The van der Waals surface area contributed by atoms with Gasteiger partial charge in [-0.05, 0) is 25.0 Å². The fourth-order valence-electron chi connectivity index (χ4n) is 4.12. The molecule has 0 spiro atoms. The van der Waals surface area contributed by atoms with E-state index in [9.17, 15) is 32.1 Å². The van der Waals surface area contributed by atoms with Gasteiger partial charge in [-0.2, -0.15) is 0 Å². The molecule has 2 heterocycles. The van der Waals surface area contributed by atoms with Crippen LogP contribution in [0.3, 0.4) is 0 Å². The number of carbonyl (C=O) groups is 4. The average Bonchev–Trinajstić information content (AvgIpc) is 3.42. The molecule has 2 atom stereocenters. The second-order valence-corrected chi connectivity index (χ2v) is 12.1. The van der Waals surface area contributed by atoms with Crippen LogP contribution in [0.25, 0.3) is 0 Å². The maximum Gasteiger partial charge on any atom is 1.00 e. The SMILES string of the molecule is CC(C)(ON=C(C(=O)N[C@@H]1C(=O)N(S(=O)(=O)[O-])[C@@H]1COC(N)=O)c1csc(N)n1)C(=O)OC(c1ccccc1)c1ccccc1.[Na+]. The van der Waals surface area contributed by atoms with E-state index in [1.165, 1.54) is 19.2 Å². The van der Waals surface area contributed by atoms with Crippen LogP contribution in [0.15, 0.2) is 71.2 Å². The molecule has 3 amide bonds. The Morgan fingerprint density at radius 1 is 1.11 bits per heavy atom. The number of rotatable bonds is 12. The summed E-state index contributed by atoms with van der Waals surface area (Å²) in [4.78, 5) is 59.8. The first-order chi connectivity index (χ1) is 21.2. The molecule has 19 heteroatoms. The number of nitrogens with one attached hydrogen (secondary N) is 1. The van der Waals surface area contributed by atoms with Gasteiger partial charge < -0.3 is 35.6 Å². The third-order valence-electron chi connectivity index (χ3n) is 6.36. The number of esters is 1. The van der Waals surface area contributed by atoms with Crippen molar-refractivity contribution in [2.24, 2.45) is 10.9 Å². The van der Waals surface area contributed by atoms with Crippen LogP contribution in [0.2, 0.25) is 0 Å². The summed E-state index contributed by atoms with van der Waals surface area (Å²) in [7, 11) is -5.32. The van der Waals surface area contributed by atoms with Crippen molar-refractivity contribution in [3.63, 3.8) is 0 Å². The van der Waals surface area contributed by atoms with Crippen molar-refractivity contribution >= 4 is 56.4 Å². The van der Waals surface area contributed by atoms with Crippen molar-refractivity contribution < 1.29 is 76.0 Å². The number of benzene rings is 2. The molecule has 0 saturated carbocycles. The number of oxime groups is 1. The maximum atomic E-state index is 13.4. The molecule has 2 aromatic carbocycles. The number of hydrogen-bond donors (Lipinski definition) is 3. The molecule has 16 nitrogen and oxygen atoms in total. The quantitative estimate of drug-likeness (QED) is 0.0461. The second kappa shape index (κ2) is 15.0. The van der Waals surface area contributed by atoms with Crippen LogP contribution in [0.1, 0.15) is 36.8 Å². The Morgan fingerprint density at radius 3 is 2.15 bits per heavy atom. The standard InChI is InChI=1S/C27H28N6O10S2.Na/c1-27(2,24(36)42-21(15-9-5-3-6-10-15)16-11-7-4-8-12-16)43-32-19(17-14-44-25(28)30-17)22(34)31-20-18(13-41-26(29)37)33(23(20)35)45(38,39)40;/h3-12,14,18,20-21H,13H2,1-2H3,(H2,28,30)(H2,29,37)(H,31,34)(H,38,39,40);/q;+1/p-1/t18-,20+;/m1./s1. The number of aromatic nitrogens is 1. The van der Waals surface area contributed by atoms with Crippen LogP contribution in [0.4, 0.5) is 9.93 Å². The summed E-state index contributed by atoms with van der Waals surface area (Å²) in [5.74, 6) is -3.27. The van der Waals surface area contributed by atoms with Gasteiger partial charge in [0.05, 0.1) is 0 Å². The van der Waals surface area contributed by atoms with E-state index in [1.807, 2.05) is 12.1 Å². The summed E-state index contributed by atoms with van der Waals surface area (Å²) in [5.41, 5.74) is 9.53. The third-order valence-corrected chi connectivity index (χ3v) is 7.97. The molecule has 1 saturated heterocycles. The Bertz CT molecular complexity index is 1680. The minimum Gasteiger partial charge on any atom is -0.731 e. The van der Waals surface area contributed by atoms with Gasteiger partial charge in [0.1, 0.15) is 24.4 Å². The zero-order valence-electron chi connectivity index (χ0n) is 24.7. The Hall–Kier alpha value is -4.07. The van der Waals surface area contributed by atoms with Crippen LogP contribution in [-0.2, 0) is 39.0 Å². The normalized spacial score (nSPS) is 16.6. The molecule has 0 bridgehead atoms. The van der Waals surface area contributed by atoms with E-state index >= 15 is 0 Å². The summed E-state index contributed by atoms with van der Waals surface area (Å²) in [5, 5.41) is 7.44. The van der Waals surface area contributed by atoms with Crippen molar-refractivity contribution in [1.29, 1.82) is 0 Å². The van der Waals surface area contributed by atoms with E-state index in [0.29, 0.717) is 11.1 Å². The number of amides is 3. The van der Waals surface area contributed by atoms with Gasteiger partial charge in [-0.3, -0.25) is 9.59 Å². The number of carbonyl (C=O) groups excluding carboxylic acids is 4. The van der Waals surface area contributed by atoms with E-state index in [4.69, 9.17) is 21.0 Å². The molecular formula is C27H27N6NaO10S2. The van der Waals surface area contributed by atoms with Crippen molar-refractivity contribution in [3.8, 4) is 0 Å². The molecule has 3 aromatic rings. The number of nitrogens with two attached hydrogens (primary N) is 2. The number of nitrogens with zero attached hydrogens (tertiary/aromatic N) is 3. The van der Waals surface area contributed by atoms with E-state index in [0.717, 1.165) is 11.3 Å². The summed E-state index contributed by atoms with van der Waals surface area (Å²) in [6.45, 7) is 1.88. The molecule has 5 N–H and O–H groups in total. The minimum atomic E-state index is -5.32. The molecule has 4 rings (SSSR count). The smallest absolute Gasteiger partial charge is 0.731 e. The first-order valence-electron chi connectivity index (χ1n) is 13.0. The first kappa shape index (κ1) is 36.4. The van der Waals surface area contributed by atoms with E-state index in [2.05, 4.69) is 20.2 Å². The molecule has 1 aromatic heterocycles. The third kappa shape index (κ3) is 8.59. The molecule has 46 heavy (non-hydrogen) atoms. The molecule has 1 aliphatic rings. The van der Waals surface area contributed by atoms with E-state index in [1.54, 1.807) is 48.5 Å². The van der Waals surface area contributed by atoms with Crippen LogP contribution in [0.5, 0.6) is 0 Å². The minimum absolute atomic E-state index is 0. The predicted octanol–water partition coefficient (Wildman–Crippen LogP) is -2.19. The Morgan fingerprint density at radius 2 is 1.67 bits per heavy atom. The first-order valence-corrected chi connectivity index (χ1v) is 15.2. The van der Waals surface area contributed by atoms with Gasteiger partial charge in [0.15, 0.2) is 27.3 Å². The second-order valence-electron chi connectivity index (χ2n) is 9.96. The number of anilines is 1. The van der Waals surface area contributed by atoms with Gasteiger partial charge in [0, 0.05) is 5.38 Å². The average molecular weight is 683 g/mol. The summed E-state index contributed by atoms with van der Waals surface area (Å²) >= 11 is 0.940. The molecule has 1 aliphatic heterocycles. The van der Waals surface area contributed by atoms with Crippen LogP contribution in [0, 0.1) is 0 Å². The number of β-lactam (4-membered cyclic amide) rings is 1. The van der Waals surface area contributed by atoms with Gasteiger partial charge in [0.25, 0.3) is 11.8 Å². The Labute approximate surface area is 289 Å². The number of primary amides is 1. The molecule has 0 aliphatic carbocycles. The van der Waals surface area contributed by atoms with Crippen molar-refractivity contribution in [2.75, 3.05) is 12.3 Å². The monoisotopic (exact) mass is 682 g/mol. The number of hydrogen-bond acceptors (Lipinski definition) is 14. The molecule has 0 unspecified atom stereocenters. The van der Waals surface area contributed by atoms with Crippen molar-refractivity contribution in [1.82, 2.24) is 14.6 Å². The zero-order chi connectivity index (χ0) is 32.9. The van der Waals surface area contributed by atoms with Gasteiger partial charge in [-0.25, -0.2) is 27.3 Å². The largest absolute Gasteiger partial charge is 1.00 e. The summed E-state index contributed by atoms with van der Waals surface area (Å²) < 4.78 is 45.0. The van der Waals surface area contributed by atoms with Gasteiger partial charge >= 0.3 is 41.6 Å². The molecular weight excluding hydrogens is 655 g/mol. The van der Waals surface area contributed by atoms with Gasteiger partial charge in [-0.15, -0.1) is 11.3 Å². The van der Waals surface area contributed by atoms with Gasteiger partial charge in [-0.1, -0.05) is 65.8 Å². The fourth-order valence-corrected chi connectivity index (χ4v) is 5.52. The maximum absolute atomic E-state index is 13.4. The molecule has 238 valence electrons. The van der Waals surface area contributed by atoms with Crippen LogP contribution < -0.4 is 46.3 Å². The zero-order valence-corrected chi connectivity index (χ0v) is 28.3. The van der Waals surface area contributed by atoms with Gasteiger partial charge in [0.2, 0.25) is 5.60 Å². The molecule has 0 radical (unpaired) electrons. The van der Waals surface area contributed by atoms with Crippen LogP contribution >= 0.6 is 11.3 Å². The predicted molar refractivity (Wildman–Crippen MR) is 157 cm³/mol. The number of thiazole rings is 1. The van der Waals surface area contributed by atoms with E-state index < -0.39 is 70.3 Å². The summed E-state index contributed by atoms with van der Waals surface area (Å²) in [6, 6.07) is 14.7. The number of nitrogen functional groups attached to an aromatic ring is 1. The molecule has 1 fully saturated rings. The summed E-state index contributed by atoms with van der Waals surface area (Å²) in [6.07, 6.45) is -2.12. The Kier molecular flexibility index (Phi) is 11.9. The van der Waals surface area contributed by atoms with E-state index in [-0.39, 0.29) is 44.7 Å². The van der Waals surface area contributed by atoms with Crippen molar-refractivity contribution in [3.05, 3.63) is 82.9 Å². The van der Waals surface area contributed by atoms with Crippen molar-refractivity contribution in [2.45, 2.75) is 37.6 Å².